The van der Waals surface area contributed by atoms with Crippen LogP contribution >= 0.6 is 15.9 Å². The minimum atomic E-state index is -0.714. The summed E-state index contributed by atoms with van der Waals surface area (Å²) < 4.78 is 1.03. The monoisotopic (exact) mass is 312 g/mol. The Morgan fingerprint density at radius 1 is 1.50 bits per heavy atom. The minimum absolute atomic E-state index is 0.138. The lowest BCUT2D eigenvalue weighted by Gasteiger charge is -2.17. The van der Waals surface area contributed by atoms with Gasteiger partial charge in [0.05, 0.1) is 11.6 Å². The summed E-state index contributed by atoms with van der Waals surface area (Å²) in [5.41, 5.74) is 2.25. The molecule has 0 aliphatic carbocycles. The predicted molar refractivity (Wildman–Crippen MR) is 75.0 cm³/mol. The molecule has 0 aromatic heterocycles. The number of aliphatic carboxylic acids is 1. The van der Waals surface area contributed by atoms with Crippen LogP contribution in [0.3, 0.4) is 0 Å². The van der Waals surface area contributed by atoms with Crippen molar-refractivity contribution in [2.45, 2.75) is 12.5 Å². The van der Waals surface area contributed by atoms with Crippen molar-refractivity contribution in [2.24, 2.45) is 5.92 Å². The van der Waals surface area contributed by atoms with Gasteiger partial charge in [0.2, 0.25) is 0 Å². The molecule has 1 heterocycles. The molecule has 1 aromatic carbocycles. The Morgan fingerprint density at radius 2 is 2.22 bits per heavy atom. The maximum atomic E-state index is 10.9. The van der Waals surface area contributed by atoms with E-state index in [1.54, 1.807) is 0 Å². The van der Waals surface area contributed by atoms with Gasteiger partial charge in [-0.25, -0.2) is 0 Å². The van der Waals surface area contributed by atoms with Gasteiger partial charge in [-0.05, 0) is 40.0 Å². The maximum absolute atomic E-state index is 10.9. The van der Waals surface area contributed by atoms with Gasteiger partial charge in [-0.1, -0.05) is 6.07 Å². The molecule has 4 nitrogen and oxygen atoms in total. The van der Waals surface area contributed by atoms with Crippen molar-refractivity contribution >= 4 is 27.6 Å². The van der Waals surface area contributed by atoms with Gasteiger partial charge in [0.25, 0.3) is 0 Å². The summed E-state index contributed by atoms with van der Waals surface area (Å²) in [6.45, 7) is 0.549. The van der Waals surface area contributed by atoms with Crippen molar-refractivity contribution < 1.29 is 9.90 Å². The number of carboxylic acid groups (broad SMARTS) is 1. The van der Waals surface area contributed by atoms with Crippen LogP contribution in [0, 0.1) is 5.92 Å². The lowest BCUT2D eigenvalue weighted by atomic mass is 10.00. The predicted octanol–water partition coefficient (Wildman–Crippen LogP) is 2.25. The number of anilines is 1. The molecule has 2 unspecified atom stereocenters. The van der Waals surface area contributed by atoms with E-state index in [0.29, 0.717) is 13.0 Å². The highest BCUT2D eigenvalue weighted by molar-refractivity contribution is 9.10. The lowest BCUT2D eigenvalue weighted by Crippen LogP contribution is -2.17. The van der Waals surface area contributed by atoms with Crippen molar-refractivity contribution in [3.05, 3.63) is 28.2 Å². The number of halogens is 1. The van der Waals surface area contributed by atoms with E-state index in [4.69, 9.17) is 5.11 Å². The molecule has 18 heavy (non-hydrogen) atoms. The minimum Gasteiger partial charge on any atom is -0.481 e. The van der Waals surface area contributed by atoms with Gasteiger partial charge < -0.3 is 15.3 Å². The van der Waals surface area contributed by atoms with Gasteiger partial charge in [-0.3, -0.25) is 4.79 Å². The number of rotatable bonds is 3. The molecule has 0 radical (unpaired) electrons. The summed E-state index contributed by atoms with van der Waals surface area (Å²) in [7, 11) is 3.99. The van der Waals surface area contributed by atoms with Crippen LogP contribution in [-0.4, -0.2) is 31.7 Å². The van der Waals surface area contributed by atoms with E-state index in [-0.39, 0.29) is 12.0 Å². The van der Waals surface area contributed by atoms with Gasteiger partial charge in [0.1, 0.15) is 0 Å². The molecule has 0 saturated carbocycles. The van der Waals surface area contributed by atoms with E-state index in [2.05, 4.69) is 39.4 Å². The van der Waals surface area contributed by atoms with E-state index >= 15 is 0 Å². The van der Waals surface area contributed by atoms with Gasteiger partial charge in [0.15, 0.2) is 0 Å². The summed E-state index contributed by atoms with van der Waals surface area (Å²) in [5, 5.41) is 12.3. The highest BCUT2D eigenvalue weighted by Gasteiger charge is 2.30. The topological polar surface area (TPSA) is 52.6 Å². The van der Waals surface area contributed by atoms with Crippen LogP contribution in [-0.2, 0) is 4.79 Å². The number of nitrogens with zero attached hydrogens (tertiary/aromatic N) is 1. The maximum Gasteiger partial charge on any atom is 0.307 e. The van der Waals surface area contributed by atoms with Crippen LogP contribution in [0.5, 0.6) is 0 Å². The number of benzene rings is 1. The Balaban J connectivity index is 2.16. The number of nitrogens with one attached hydrogen (secondary N) is 1. The first-order valence-electron chi connectivity index (χ1n) is 5.92. The first kappa shape index (κ1) is 13.4. The van der Waals surface area contributed by atoms with Crippen molar-refractivity contribution in [2.75, 3.05) is 25.5 Å². The Bertz CT molecular complexity index is 462. The normalized spacial score (nSPS) is 23.1. The highest BCUT2D eigenvalue weighted by atomic mass is 79.9. The molecule has 2 N–H and O–H groups in total. The number of hydrogen-bond acceptors (Lipinski definition) is 3. The molecule has 0 amide bonds. The quantitative estimate of drug-likeness (QED) is 0.899. The average Bonchev–Trinajstić information content (AvgIpc) is 2.77. The van der Waals surface area contributed by atoms with Gasteiger partial charge in [-0.2, -0.15) is 0 Å². The standard InChI is InChI=1S/C13H17BrN2O2/c1-16(2)12-4-3-8(5-10(12)14)11-6-9(7-15-11)13(17)18/h3-5,9,11,15H,6-7H2,1-2H3,(H,17,18). The van der Waals surface area contributed by atoms with Crippen LogP contribution in [0.25, 0.3) is 0 Å². The third-order valence-corrected chi connectivity index (χ3v) is 3.97. The van der Waals surface area contributed by atoms with E-state index in [1.165, 1.54) is 0 Å². The molecule has 1 saturated heterocycles. The summed E-state index contributed by atoms with van der Waals surface area (Å²) in [6, 6.07) is 6.31. The Hall–Kier alpha value is -1.07. The molecular weight excluding hydrogens is 296 g/mol. The summed E-state index contributed by atoms with van der Waals surface area (Å²) in [5.74, 6) is -0.990. The molecule has 1 aromatic rings. The number of carboxylic acids is 1. The fraction of sp³-hybridized carbons (Fsp3) is 0.462. The third-order valence-electron chi connectivity index (χ3n) is 3.34. The van der Waals surface area contributed by atoms with Gasteiger partial charge in [0, 0.05) is 31.2 Å². The molecule has 1 fully saturated rings. The van der Waals surface area contributed by atoms with Crippen LogP contribution in [0.4, 0.5) is 5.69 Å². The highest BCUT2D eigenvalue weighted by Crippen LogP contribution is 2.32. The summed E-state index contributed by atoms with van der Waals surface area (Å²) in [4.78, 5) is 13.0. The van der Waals surface area contributed by atoms with E-state index in [0.717, 1.165) is 15.7 Å². The van der Waals surface area contributed by atoms with Crippen molar-refractivity contribution in [1.82, 2.24) is 5.32 Å². The second kappa shape index (κ2) is 5.28. The fourth-order valence-electron chi connectivity index (χ4n) is 2.28. The first-order chi connectivity index (χ1) is 8.49. The molecular formula is C13H17BrN2O2. The summed E-state index contributed by atoms with van der Waals surface area (Å²) >= 11 is 3.55. The molecule has 0 bridgehead atoms. The van der Waals surface area contributed by atoms with Crippen molar-refractivity contribution in [1.29, 1.82) is 0 Å². The average molecular weight is 313 g/mol. The van der Waals surface area contributed by atoms with Crippen molar-refractivity contribution in [3.8, 4) is 0 Å². The van der Waals surface area contributed by atoms with E-state index in [1.807, 2.05) is 19.0 Å². The SMILES string of the molecule is CN(C)c1ccc(C2CC(C(=O)O)CN2)cc1Br. The first-order valence-corrected chi connectivity index (χ1v) is 6.71. The second-order valence-electron chi connectivity index (χ2n) is 4.84. The molecule has 2 atom stereocenters. The fourth-order valence-corrected chi connectivity index (χ4v) is 3.03. The Morgan fingerprint density at radius 3 is 2.72 bits per heavy atom. The van der Waals surface area contributed by atoms with Crippen molar-refractivity contribution in [3.63, 3.8) is 0 Å². The zero-order valence-corrected chi connectivity index (χ0v) is 12.1. The molecule has 1 aliphatic rings. The number of hydrogen-bond donors (Lipinski definition) is 2. The molecule has 1 aliphatic heterocycles. The molecule has 0 spiro atoms. The molecule has 5 heteroatoms. The van der Waals surface area contributed by atoms with E-state index < -0.39 is 5.97 Å². The molecule has 2 rings (SSSR count). The van der Waals surface area contributed by atoms with Crippen LogP contribution in [0.1, 0.15) is 18.0 Å². The third kappa shape index (κ3) is 2.67. The zero-order valence-electron chi connectivity index (χ0n) is 10.5. The van der Waals surface area contributed by atoms with Gasteiger partial charge in [-0.15, -0.1) is 0 Å². The second-order valence-corrected chi connectivity index (χ2v) is 5.69. The van der Waals surface area contributed by atoms with Crippen LogP contribution in [0.2, 0.25) is 0 Å². The smallest absolute Gasteiger partial charge is 0.307 e. The van der Waals surface area contributed by atoms with Crippen LogP contribution in [0.15, 0.2) is 22.7 Å². The lowest BCUT2D eigenvalue weighted by molar-refractivity contribution is -0.141. The summed E-state index contributed by atoms with van der Waals surface area (Å²) in [6.07, 6.45) is 0.656. The van der Waals surface area contributed by atoms with E-state index in [9.17, 15) is 4.79 Å². The zero-order chi connectivity index (χ0) is 13.3. The number of carbonyl (C=O) groups is 1. The Labute approximate surface area is 115 Å². The molecule has 98 valence electrons. The Kier molecular flexibility index (Phi) is 3.92. The van der Waals surface area contributed by atoms with Gasteiger partial charge >= 0.3 is 5.97 Å². The largest absolute Gasteiger partial charge is 0.481 e. The van der Waals surface area contributed by atoms with Crippen LogP contribution < -0.4 is 10.2 Å².